The summed E-state index contributed by atoms with van der Waals surface area (Å²) in [6.45, 7) is 3.32. The summed E-state index contributed by atoms with van der Waals surface area (Å²) in [6, 6.07) is 3.88. The number of amides is 1. The Bertz CT molecular complexity index is 1000. The van der Waals surface area contributed by atoms with Gasteiger partial charge in [0.05, 0.1) is 23.2 Å². The second-order valence-corrected chi connectivity index (χ2v) is 6.19. The molecule has 3 aromatic rings. The number of pyridine rings is 1. The van der Waals surface area contributed by atoms with Gasteiger partial charge in [0.1, 0.15) is 23.7 Å². The number of nitrogens with one attached hydrogen (secondary N) is 2. The van der Waals surface area contributed by atoms with Crippen LogP contribution in [0.25, 0.3) is 21.9 Å². The first-order chi connectivity index (χ1) is 12.2. The van der Waals surface area contributed by atoms with Crippen LogP contribution in [0.3, 0.4) is 0 Å². The normalized spacial score (nSPS) is 17.1. The van der Waals surface area contributed by atoms with Gasteiger partial charge in [-0.25, -0.2) is 15.0 Å². The van der Waals surface area contributed by atoms with Crippen molar-refractivity contribution in [1.29, 1.82) is 5.26 Å². The largest absolute Gasteiger partial charge is 0.354 e. The Morgan fingerprint density at radius 2 is 2.40 bits per heavy atom. The fraction of sp³-hybridized carbons (Fsp3) is 0.353. The number of nitriles is 1. The molecule has 0 aliphatic carbocycles. The Balaban J connectivity index is 1.71. The van der Waals surface area contributed by atoms with Crippen molar-refractivity contribution in [2.45, 2.75) is 25.8 Å². The van der Waals surface area contributed by atoms with Crippen LogP contribution < -0.4 is 10.2 Å². The third-order valence-corrected chi connectivity index (χ3v) is 4.43. The van der Waals surface area contributed by atoms with Gasteiger partial charge >= 0.3 is 0 Å². The molecule has 8 nitrogen and oxygen atoms in total. The number of H-pyrrole nitrogens is 1. The molecule has 25 heavy (non-hydrogen) atoms. The van der Waals surface area contributed by atoms with E-state index < -0.39 is 0 Å². The van der Waals surface area contributed by atoms with Crippen molar-refractivity contribution in [1.82, 2.24) is 25.3 Å². The Labute approximate surface area is 143 Å². The maximum Gasteiger partial charge on any atom is 0.234 e. The van der Waals surface area contributed by atoms with Gasteiger partial charge < -0.3 is 15.2 Å². The molecular formula is C17H17N7O. The molecule has 2 N–H and O–H groups in total. The number of aromatic nitrogens is 4. The fourth-order valence-electron chi connectivity index (χ4n) is 3.38. The van der Waals surface area contributed by atoms with Gasteiger partial charge in [0.15, 0.2) is 0 Å². The molecule has 3 aromatic heterocycles. The number of hydrogen-bond donors (Lipinski definition) is 2. The second kappa shape index (κ2) is 6.02. The summed E-state index contributed by atoms with van der Waals surface area (Å²) in [6.07, 6.45) is 4.33. The van der Waals surface area contributed by atoms with Gasteiger partial charge in [0, 0.05) is 30.7 Å². The molecule has 0 bridgehead atoms. The van der Waals surface area contributed by atoms with E-state index in [0.29, 0.717) is 12.4 Å². The maximum absolute atomic E-state index is 11.7. The SMILES string of the molecule is Cc1nc(N2CCC(NC(=O)CC#N)C2)c2c(cnc3[nH]ccc32)n1. The highest BCUT2D eigenvalue weighted by Gasteiger charge is 2.27. The number of aromatic amines is 1. The fourth-order valence-corrected chi connectivity index (χ4v) is 3.38. The number of fused-ring (bicyclic) bond motifs is 3. The predicted octanol–water partition coefficient (Wildman–Crippen LogP) is 1.42. The number of anilines is 1. The lowest BCUT2D eigenvalue weighted by Gasteiger charge is -2.20. The second-order valence-electron chi connectivity index (χ2n) is 6.19. The van der Waals surface area contributed by atoms with E-state index >= 15 is 0 Å². The first-order valence-corrected chi connectivity index (χ1v) is 8.17. The number of carbonyl (C=O) groups is 1. The number of aryl methyl sites for hydroxylation is 1. The van der Waals surface area contributed by atoms with Crippen LogP contribution in [0.2, 0.25) is 0 Å². The molecular weight excluding hydrogens is 318 g/mol. The first kappa shape index (κ1) is 15.3. The summed E-state index contributed by atoms with van der Waals surface area (Å²) in [7, 11) is 0. The molecule has 0 saturated carbocycles. The molecule has 0 aromatic carbocycles. The third-order valence-electron chi connectivity index (χ3n) is 4.43. The molecule has 0 spiro atoms. The van der Waals surface area contributed by atoms with Crippen molar-refractivity contribution in [3.05, 3.63) is 24.3 Å². The molecule has 1 unspecified atom stereocenters. The average Bonchev–Trinajstić information content (AvgIpc) is 3.22. The minimum absolute atomic E-state index is 0.0229. The quantitative estimate of drug-likeness (QED) is 0.749. The number of rotatable bonds is 3. The Hall–Kier alpha value is -3.21. The minimum atomic E-state index is -0.227. The van der Waals surface area contributed by atoms with E-state index in [1.807, 2.05) is 25.3 Å². The van der Waals surface area contributed by atoms with Crippen LogP contribution in [0, 0.1) is 18.3 Å². The van der Waals surface area contributed by atoms with E-state index in [1.54, 1.807) is 6.20 Å². The van der Waals surface area contributed by atoms with E-state index in [9.17, 15) is 4.79 Å². The highest BCUT2D eigenvalue weighted by atomic mass is 16.1. The molecule has 1 atom stereocenters. The summed E-state index contributed by atoms with van der Waals surface area (Å²) in [5.41, 5.74) is 1.62. The molecule has 0 radical (unpaired) electrons. The van der Waals surface area contributed by atoms with Gasteiger partial charge in [0.2, 0.25) is 5.91 Å². The zero-order valence-corrected chi connectivity index (χ0v) is 13.8. The molecule has 1 aliphatic heterocycles. The standard InChI is InChI=1S/C17H17N7O/c1-10-21-13-8-20-16-12(3-6-19-16)15(13)17(22-10)24-7-4-11(9-24)23-14(25)2-5-18/h3,6,8,11H,2,4,7,9H2,1H3,(H,19,20)(H,23,25). The van der Waals surface area contributed by atoms with Crippen LogP contribution in [0.5, 0.6) is 0 Å². The molecule has 1 amide bonds. The summed E-state index contributed by atoms with van der Waals surface area (Å²) < 4.78 is 0. The molecule has 8 heteroatoms. The van der Waals surface area contributed by atoms with E-state index in [2.05, 4.69) is 30.2 Å². The monoisotopic (exact) mass is 335 g/mol. The Kier molecular flexibility index (Phi) is 3.69. The van der Waals surface area contributed by atoms with Crippen LogP contribution in [0.15, 0.2) is 18.5 Å². The van der Waals surface area contributed by atoms with Crippen LogP contribution in [-0.2, 0) is 4.79 Å². The van der Waals surface area contributed by atoms with Gasteiger partial charge in [-0.05, 0) is 19.4 Å². The topological polar surface area (TPSA) is 111 Å². The van der Waals surface area contributed by atoms with E-state index in [-0.39, 0.29) is 18.4 Å². The smallest absolute Gasteiger partial charge is 0.234 e. The molecule has 4 heterocycles. The van der Waals surface area contributed by atoms with Gasteiger partial charge in [0.25, 0.3) is 0 Å². The van der Waals surface area contributed by atoms with Crippen molar-refractivity contribution < 1.29 is 4.79 Å². The Morgan fingerprint density at radius 1 is 1.52 bits per heavy atom. The zero-order chi connectivity index (χ0) is 17.4. The maximum atomic E-state index is 11.7. The lowest BCUT2D eigenvalue weighted by molar-refractivity contribution is -0.120. The molecule has 1 fully saturated rings. The summed E-state index contributed by atoms with van der Waals surface area (Å²) >= 11 is 0. The minimum Gasteiger partial charge on any atom is -0.354 e. The number of hydrogen-bond acceptors (Lipinski definition) is 6. The van der Waals surface area contributed by atoms with Crippen LogP contribution in [0.4, 0.5) is 5.82 Å². The van der Waals surface area contributed by atoms with Gasteiger partial charge in [-0.2, -0.15) is 5.26 Å². The van der Waals surface area contributed by atoms with Crippen molar-refractivity contribution in [2.75, 3.05) is 18.0 Å². The van der Waals surface area contributed by atoms with Crippen molar-refractivity contribution in [2.24, 2.45) is 0 Å². The molecule has 1 saturated heterocycles. The molecule has 126 valence electrons. The summed E-state index contributed by atoms with van der Waals surface area (Å²) in [5, 5.41) is 13.5. The highest BCUT2D eigenvalue weighted by Crippen LogP contribution is 2.31. The van der Waals surface area contributed by atoms with Gasteiger partial charge in [-0.1, -0.05) is 0 Å². The predicted molar refractivity (Wildman–Crippen MR) is 92.9 cm³/mol. The van der Waals surface area contributed by atoms with Crippen molar-refractivity contribution in [3.8, 4) is 6.07 Å². The summed E-state index contributed by atoms with van der Waals surface area (Å²) in [4.78, 5) is 30.5. The van der Waals surface area contributed by atoms with Crippen LogP contribution >= 0.6 is 0 Å². The lowest BCUT2D eigenvalue weighted by Crippen LogP contribution is -2.37. The number of nitrogens with zero attached hydrogens (tertiary/aromatic N) is 5. The third kappa shape index (κ3) is 2.74. The first-order valence-electron chi connectivity index (χ1n) is 8.17. The van der Waals surface area contributed by atoms with Crippen molar-refractivity contribution >= 4 is 33.7 Å². The van der Waals surface area contributed by atoms with Crippen LogP contribution in [-0.4, -0.2) is 45.0 Å². The molecule has 1 aliphatic rings. The molecule has 4 rings (SSSR count). The van der Waals surface area contributed by atoms with E-state index in [4.69, 9.17) is 5.26 Å². The zero-order valence-electron chi connectivity index (χ0n) is 13.8. The van der Waals surface area contributed by atoms with E-state index in [1.165, 1.54) is 0 Å². The average molecular weight is 335 g/mol. The lowest BCUT2D eigenvalue weighted by atomic mass is 10.2. The summed E-state index contributed by atoms with van der Waals surface area (Å²) in [5.74, 6) is 1.33. The van der Waals surface area contributed by atoms with Gasteiger partial charge in [-0.3, -0.25) is 4.79 Å². The van der Waals surface area contributed by atoms with Crippen LogP contribution in [0.1, 0.15) is 18.7 Å². The van der Waals surface area contributed by atoms with E-state index in [0.717, 1.165) is 40.7 Å². The highest BCUT2D eigenvalue weighted by molar-refractivity contribution is 6.09. The number of carbonyl (C=O) groups excluding carboxylic acids is 1. The van der Waals surface area contributed by atoms with Crippen molar-refractivity contribution in [3.63, 3.8) is 0 Å². The Morgan fingerprint density at radius 3 is 3.24 bits per heavy atom. The van der Waals surface area contributed by atoms with Gasteiger partial charge in [-0.15, -0.1) is 0 Å².